The topological polar surface area (TPSA) is 69.9 Å². The van der Waals surface area contributed by atoms with Gasteiger partial charge in [-0.05, 0) is 64.6 Å². The SMILES string of the molecule is CN1CCCN(C2CC=C3Nc4nccc(n4)-c4ccc(o4)COC/C=C/CN(C)CC24CC34)CC1. The summed E-state index contributed by atoms with van der Waals surface area (Å²) in [7, 11) is 4.51. The van der Waals surface area contributed by atoms with E-state index in [1.54, 1.807) is 6.20 Å². The number of hydrogen-bond donors (Lipinski definition) is 1. The van der Waals surface area contributed by atoms with Gasteiger partial charge in [0.1, 0.15) is 18.1 Å². The molecule has 3 atom stereocenters. The van der Waals surface area contributed by atoms with E-state index in [-0.39, 0.29) is 5.41 Å². The highest BCUT2D eigenvalue weighted by atomic mass is 16.5. The van der Waals surface area contributed by atoms with Crippen molar-refractivity contribution in [3.8, 4) is 11.5 Å². The summed E-state index contributed by atoms with van der Waals surface area (Å²) in [4.78, 5) is 17.1. The molecule has 6 bridgehead atoms. The Hall–Kier alpha value is -2.52. The Morgan fingerprint density at radius 2 is 2.00 bits per heavy atom. The Bertz CT molecular complexity index is 1130. The lowest BCUT2D eigenvalue weighted by atomic mass is 9.83. The van der Waals surface area contributed by atoms with Crippen LogP contribution in [0.4, 0.5) is 5.95 Å². The van der Waals surface area contributed by atoms with Crippen LogP contribution in [-0.2, 0) is 11.3 Å². The summed E-state index contributed by atoms with van der Waals surface area (Å²) >= 11 is 0. The standard InChI is InChI=1S/C28H38N6O2/c1-32-13-5-14-34(16-15-32)26-9-7-23-22-18-28(22,26)20-33(2)12-3-4-17-35-19-21-6-8-25(36-21)24-10-11-29-27(30-23)31-24/h3-4,6-8,10-11,22,26H,5,9,12-20H2,1-2H3,(H,29,30,31)/b4-3+. The molecule has 0 spiro atoms. The number of allylic oxidation sites excluding steroid dienone is 1. The highest BCUT2D eigenvalue weighted by Gasteiger charge is 2.63. The zero-order valence-corrected chi connectivity index (χ0v) is 21.5. The van der Waals surface area contributed by atoms with Crippen LogP contribution in [0.1, 0.15) is 25.0 Å². The molecule has 8 heteroatoms. The maximum absolute atomic E-state index is 5.99. The molecule has 6 rings (SSSR count). The third-order valence-corrected chi connectivity index (χ3v) is 8.35. The highest BCUT2D eigenvalue weighted by molar-refractivity contribution is 5.55. The number of anilines is 1. The lowest BCUT2D eigenvalue weighted by Crippen LogP contribution is -2.49. The van der Waals surface area contributed by atoms with Crippen LogP contribution in [0.3, 0.4) is 0 Å². The van der Waals surface area contributed by atoms with Crippen LogP contribution >= 0.6 is 0 Å². The molecule has 4 heterocycles. The second-order valence-electron chi connectivity index (χ2n) is 10.9. The van der Waals surface area contributed by atoms with Gasteiger partial charge in [0.2, 0.25) is 5.95 Å². The van der Waals surface area contributed by atoms with Gasteiger partial charge in [-0.1, -0.05) is 18.2 Å². The molecule has 1 N–H and O–H groups in total. The molecule has 4 aliphatic rings. The van der Waals surface area contributed by atoms with Crippen molar-refractivity contribution in [2.24, 2.45) is 11.3 Å². The van der Waals surface area contributed by atoms with Crippen molar-refractivity contribution in [2.75, 3.05) is 65.3 Å². The number of ether oxygens (including phenoxy) is 1. The summed E-state index contributed by atoms with van der Waals surface area (Å²) in [5.41, 5.74) is 2.33. The molecule has 192 valence electrons. The van der Waals surface area contributed by atoms with Gasteiger partial charge < -0.3 is 24.3 Å². The van der Waals surface area contributed by atoms with Crippen molar-refractivity contribution in [1.82, 2.24) is 24.7 Å². The zero-order chi connectivity index (χ0) is 24.5. The minimum absolute atomic E-state index is 0.262. The number of hydrogen-bond acceptors (Lipinski definition) is 8. The fraction of sp³-hybridized carbons (Fsp3) is 0.571. The van der Waals surface area contributed by atoms with Crippen molar-refractivity contribution in [1.29, 1.82) is 0 Å². The fourth-order valence-electron chi connectivity index (χ4n) is 6.43. The van der Waals surface area contributed by atoms with E-state index in [4.69, 9.17) is 14.1 Å². The van der Waals surface area contributed by atoms with Crippen LogP contribution in [0.25, 0.3) is 11.5 Å². The molecule has 1 saturated heterocycles. The molecule has 1 saturated carbocycles. The van der Waals surface area contributed by atoms with E-state index in [1.165, 1.54) is 31.6 Å². The molecule has 0 radical (unpaired) electrons. The summed E-state index contributed by atoms with van der Waals surface area (Å²) in [6, 6.07) is 6.39. The first-order valence-electron chi connectivity index (χ1n) is 13.3. The largest absolute Gasteiger partial charge is 0.457 e. The van der Waals surface area contributed by atoms with E-state index in [9.17, 15) is 0 Å². The molecule has 2 aromatic heterocycles. The second-order valence-corrected chi connectivity index (χ2v) is 10.9. The maximum atomic E-state index is 5.99. The number of likely N-dealkylation sites (N-methyl/N-ethyl adjacent to an activating group) is 2. The smallest absolute Gasteiger partial charge is 0.227 e. The van der Waals surface area contributed by atoms with Crippen LogP contribution in [0.5, 0.6) is 0 Å². The molecular weight excluding hydrogens is 452 g/mol. The summed E-state index contributed by atoms with van der Waals surface area (Å²) in [6.07, 6.45) is 12.1. The number of nitrogens with zero attached hydrogens (tertiary/aromatic N) is 5. The minimum atomic E-state index is 0.262. The Morgan fingerprint density at radius 3 is 2.94 bits per heavy atom. The first kappa shape index (κ1) is 23.9. The molecule has 0 amide bonds. The van der Waals surface area contributed by atoms with Gasteiger partial charge in [-0.2, -0.15) is 0 Å². The third kappa shape index (κ3) is 4.87. The van der Waals surface area contributed by atoms with E-state index in [1.807, 2.05) is 18.2 Å². The number of aromatic nitrogens is 2. The van der Waals surface area contributed by atoms with Crippen molar-refractivity contribution in [3.05, 3.63) is 54.1 Å². The molecule has 2 fully saturated rings. The van der Waals surface area contributed by atoms with Crippen LogP contribution in [-0.4, -0.2) is 90.7 Å². The molecule has 2 aromatic rings. The predicted molar refractivity (Wildman–Crippen MR) is 140 cm³/mol. The van der Waals surface area contributed by atoms with Crippen LogP contribution in [0.15, 0.2) is 52.7 Å². The molecular formula is C28H38N6O2. The fourth-order valence-corrected chi connectivity index (χ4v) is 6.43. The predicted octanol–water partition coefficient (Wildman–Crippen LogP) is 3.47. The van der Waals surface area contributed by atoms with Gasteiger partial charge in [0, 0.05) is 55.4 Å². The monoisotopic (exact) mass is 490 g/mol. The molecule has 0 aromatic carbocycles. The van der Waals surface area contributed by atoms with Gasteiger partial charge in [0.05, 0.1) is 6.61 Å². The summed E-state index contributed by atoms with van der Waals surface area (Å²) in [5, 5.41) is 3.61. The Balaban J connectivity index is 1.30. The first-order valence-corrected chi connectivity index (χ1v) is 13.3. The maximum Gasteiger partial charge on any atom is 0.227 e. The normalized spacial score (nSPS) is 31.2. The molecule has 36 heavy (non-hydrogen) atoms. The van der Waals surface area contributed by atoms with Crippen molar-refractivity contribution >= 4 is 5.95 Å². The van der Waals surface area contributed by atoms with E-state index in [0.717, 1.165) is 49.8 Å². The highest BCUT2D eigenvalue weighted by Crippen LogP contribution is 2.63. The van der Waals surface area contributed by atoms with Gasteiger partial charge in [-0.3, -0.25) is 4.90 Å². The van der Waals surface area contributed by atoms with E-state index < -0.39 is 0 Å². The zero-order valence-electron chi connectivity index (χ0n) is 21.5. The van der Waals surface area contributed by atoms with Crippen molar-refractivity contribution < 1.29 is 9.15 Å². The number of fused-ring (bicyclic) bond motifs is 5. The minimum Gasteiger partial charge on any atom is -0.457 e. The summed E-state index contributed by atoms with van der Waals surface area (Å²) in [6.45, 7) is 7.74. The van der Waals surface area contributed by atoms with Gasteiger partial charge in [0.25, 0.3) is 0 Å². The third-order valence-electron chi connectivity index (χ3n) is 8.35. The molecule has 3 unspecified atom stereocenters. The van der Waals surface area contributed by atoms with E-state index >= 15 is 0 Å². The van der Waals surface area contributed by atoms with E-state index in [2.05, 4.69) is 57.3 Å². The quantitative estimate of drug-likeness (QED) is 0.610. The van der Waals surface area contributed by atoms with Crippen LogP contribution in [0, 0.1) is 11.3 Å². The number of furan rings is 1. The second kappa shape index (κ2) is 10.1. The van der Waals surface area contributed by atoms with Gasteiger partial charge in [-0.15, -0.1) is 0 Å². The van der Waals surface area contributed by atoms with Crippen LogP contribution < -0.4 is 5.32 Å². The Kier molecular flexibility index (Phi) is 6.69. The Morgan fingerprint density at radius 1 is 1.06 bits per heavy atom. The van der Waals surface area contributed by atoms with Gasteiger partial charge >= 0.3 is 0 Å². The van der Waals surface area contributed by atoms with Crippen LogP contribution in [0.2, 0.25) is 0 Å². The number of nitrogens with one attached hydrogen (secondary N) is 1. The Labute approximate surface area is 214 Å². The molecule has 2 aliphatic carbocycles. The van der Waals surface area contributed by atoms with E-state index in [0.29, 0.717) is 31.1 Å². The average Bonchev–Trinajstić information content (AvgIpc) is 3.49. The average molecular weight is 491 g/mol. The van der Waals surface area contributed by atoms with Gasteiger partial charge in [-0.25, -0.2) is 9.97 Å². The van der Waals surface area contributed by atoms with Gasteiger partial charge in [0.15, 0.2) is 5.76 Å². The molecule has 2 aliphatic heterocycles. The first-order chi connectivity index (χ1) is 17.6. The lowest BCUT2D eigenvalue weighted by Gasteiger charge is -2.41. The lowest BCUT2D eigenvalue weighted by molar-refractivity contribution is 0.0970. The molecule has 8 nitrogen and oxygen atoms in total. The van der Waals surface area contributed by atoms with Crippen molar-refractivity contribution in [2.45, 2.75) is 31.9 Å². The van der Waals surface area contributed by atoms with Crippen molar-refractivity contribution in [3.63, 3.8) is 0 Å². The summed E-state index contributed by atoms with van der Waals surface area (Å²) in [5.74, 6) is 2.68. The summed E-state index contributed by atoms with van der Waals surface area (Å²) < 4.78 is 11.8. The number of rotatable bonds is 1.